The van der Waals surface area contributed by atoms with E-state index >= 15 is 0 Å². The van der Waals surface area contributed by atoms with E-state index in [2.05, 4.69) is 10.2 Å². The summed E-state index contributed by atoms with van der Waals surface area (Å²) in [6, 6.07) is 9.63. The summed E-state index contributed by atoms with van der Waals surface area (Å²) in [5.74, 6) is 0. The van der Waals surface area contributed by atoms with Crippen molar-refractivity contribution in [2.75, 3.05) is 26.3 Å². The van der Waals surface area contributed by atoms with Gasteiger partial charge in [-0.3, -0.25) is 9.42 Å². The van der Waals surface area contributed by atoms with Crippen molar-refractivity contribution in [3.05, 3.63) is 46.4 Å². The van der Waals surface area contributed by atoms with Crippen LogP contribution in [0, 0.1) is 0 Å². The second-order valence-electron chi connectivity index (χ2n) is 4.49. The molecule has 1 aliphatic rings. The summed E-state index contributed by atoms with van der Waals surface area (Å²) in [5, 5.41) is 2.65. The minimum Gasteiger partial charge on any atom is -0.379 e. The number of rotatable bonds is 3. The summed E-state index contributed by atoms with van der Waals surface area (Å²) < 4.78 is 11.9. The fourth-order valence-corrected chi connectivity index (χ4v) is 2.18. The zero-order chi connectivity index (χ0) is 13.1. The van der Waals surface area contributed by atoms with Gasteiger partial charge < -0.3 is 4.74 Å². The Labute approximate surface area is 110 Å². The molecule has 1 N–H and O–H groups in total. The number of nitrogens with one attached hydrogen (secondary N) is 1. The number of H-pyrrole nitrogens is 1. The molecule has 0 amide bonds. The zero-order valence-electron chi connectivity index (χ0n) is 10.5. The van der Waals surface area contributed by atoms with Crippen molar-refractivity contribution in [3.63, 3.8) is 0 Å². The van der Waals surface area contributed by atoms with E-state index in [4.69, 9.17) is 9.26 Å². The Morgan fingerprint density at radius 2 is 1.95 bits per heavy atom. The first kappa shape index (κ1) is 12.1. The van der Waals surface area contributed by atoms with E-state index in [1.807, 2.05) is 30.3 Å². The summed E-state index contributed by atoms with van der Waals surface area (Å²) in [7, 11) is 0. The van der Waals surface area contributed by atoms with Crippen LogP contribution in [0.1, 0.15) is 5.69 Å². The summed E-state index contributed by atoms with van der Waals surface area (Å²) in [5.41, 5.74) is 1.17. The Hall–Kier alpha value is -1.92. The third kappa shape index (κ3) is 2.59. The largest absolute Gasteiger partial charge is 0.431 e. The summed E-state index contributed by atoms with van der Waals surface area (Å²) >= 11 is 0. The van der Waals surface area contributed by atoms with E-state index in [1.165, 1.54) is 0 Å². The van der Waals surface area contributed by atoms with Crippen LogP contribution < -0.4 is 10.3 Å². The highest BCUT2D eigenvalue weighted by molar-refractivity contribution is 5.21. The molecule has 100 valence electrons. The van der Waals surface area contributed by atoms with E-state index in [0.717, 1.165) is 18.8 Å². The van der Waals surface area contributed by atoms with Gasteiger partial charge in [-0.2, -0.15) is 0 Å². The Bertz CT molecular complexity index is 585. The number of aromatic nitrogens is 2. The van der Waals surface area contributed by atoms with Gasteiger partial charge in [0.05, 0.1) is 19.8 Å². The average molecular weight is 262 g/mol. The molecule has 1 aromatic carbocycles. The van der Waals surface area contributed by atoms with E-state index < -0.39 is 0 Å². The number of para-hydroxylation sites is 1. The Morgan fingerprint density at radius 3 is 2.68 bits per heavy atom. The van der Waals surface area contributed by atoms with Crippen molar-refractivity contribution >= 4 is 0 Å². The molecular formula is C13H16N3O3+. The number of nitrogens with zero attached hydrogens (tertiary/aromatic N) is 2. The summed E-state index contributed by atoms with van der Waals surface area (Å²) in [4.78, 5) is 14.0. The number of aromatic amines is 1. The molecule has 6 nitrogen and oxygen atoms in total. The van der Waals surface area contributed by atoms with Gasteiger partial charge in [-0.25, -0.2) is 4.79 Å². The molecule has 0 aliphatic carbocycles. The molecule has 0 radical (unpaired) electrons. The van der Waals surface area contributed by atoms with Gasteiger partial charge >= 0.3 is 11.3 Å². The van der Waals surface area contributed by atoms with Gasteiger partial charge in [0.2, 0.25) is 5.69 Å². The molecule has 2 heterocycles. The lowest BCUT2D eigenvalue weighted by Crippen LogP contribution is -2.44. The fraction of sp³-hybridized carbons (Fsp3) is 0.385. The predicted molar refractivity (Wildman–Crippen MR) is 67.0 cm³/mol. The van der Waals surface area contributed by atoms with Crippen LogP contribution in [0.15, 0.2) is 39.6 Å². The van der Waals surface area contributed by atoms with Crippen molar-refractivity contribution in [3.8, 4) is 5.69 Å². The third-order valence-electron chi connectivity index (χ3n) is 3.23. The Kier molecular flexibility index (Phi) is 3.43. The molecule has 1 saturated heterocycles. The van der Waals surface area contributed by atoms with Crippen LogP contribution >= 0.6 is 0 Å². The fourth-order valence-electron chi connectivity index (χ4n) is 2.18. The smallest absolute Gasteiger partial charge is 0.379 e. The van der Waals surface area contributed by atoms with Crippen molar-refractivity contribution in [2.24, 2.45) is 0 Å². The first-order valence-electron chi connectivity index (χ1n) is 6.32. The van der Waals surface area contributed by atoms with Crippen molar-refractivity contribution in [1.82, 2.24) is 10.2 Å². The standard InChI is InChI=1S/C13H15N3O3/c17-13-12(10-15-6-8-18-9-7-15)16(14-19-13)11-4-2-1-3-5-11/h1-5H,6-10H2/p+1. The monoisotopic (exact) mass is 262 g/mol. The maximum Gasteiger partial charge on any atom is 0.431 e. The van der Waals surface area contributed by atoms with E-state index in [-0.39, 0.29) is 5.63 Å². The minimum atomic E-state index is -0.324. The summed E-state index contributed by atoms with van der Waals surface area (Å²) in [6.07, 6.45) is 0. The molecule has 0 bridgehead atoms. The molecule has 1 fully saturated rings. The number of ether oxygens (including phenoxy) is 1. The highest BCUT2D eigenvalue weighted by atomic mass is 16.5. The molecule has 19 heavy (non-hydrogen) atoms. The lowest BCUT2D eigenvalue weighted by molar-refractivity contribution is -0.678. The lowest BCUT2D eigenvalue weighted by Gasteiger charge is -2.24. The molecule has 1 aliphatic heterocycles. The number of morpholine rings is 1. The van der Waals surface area contributed by atoms with Crippen LogP contribution in [-0.2, 0) is 11.3 Å². The maximum atomic E-state index is 11.8. The Morgan fingerprint density at radius 1 is 1.21 bits per heavy atom. The van der Waals surface area contributed by atoms with Crippen molar-refractivity contribution in [2.45, 2.75) is 6.54 Å². The van der Waals surface area contributed by atoms with Crippen LogP contribution in [0.5, 0.6) is 0 Å². The second-order valence-corrected chi connectivity index (χ2v) is 4.49. The second kappa shape index (κ2) is 5.38. The van der Waals surface area contributed by atoms with Crippen LogP contribution in [0.3, 0.4) is 0 Å². The SMILES string of the molecule is O=c1o[nH][n+](-c2ccccc2)c1CN1CCOCC1. The highest BCUT2D eigenvalue weighted by Crippen LogP contribution is 2.03. The Balaban J connectivity index is 1.88. The van der Waals surface area contributed by atoms with Gasteiger partial charge in [0.1, 0.15) is 0 Å². The topological polar surface area (TPSA) is 62.4 Å². The summed E-state index contributed by atoms with van der Waals surface area (Å²) in [6.45, 7) is 3.64. The minimum absolute atomic E-state index is 0.324. The number of hydrogen-bond acceptors (Lipinski definition) is 4. The molecule has 0 spiro atoms. The molecule has 2 aromatic rings. The molecule has 3 rings (SSSR count). The van der Waals surface area contributed by atoms with Gasteiger partial charge in [-0.1, -0.05) is 18.2 Å². The molecule has 1 aromatic heterocycles. The maximum absolute atomic E-state index is 11.8. The van der Waals surface area contributed by atoms with E-state index in [9.17, 15) is 4.79 Å². The number of benzene rings is 1. The molecule has 0 unspecified atom stereocenters. The van der Waals surface area contributed by atoms with Gasteiger partial charge in [0.25, 0.3) is 0 Å². The number of hydrogen-bond donors (Lipinski definition) is 1. The van der Waals surface area contributed by atoms with Gasteiger partial charge in [-0.15, -0.1) is 0 Å². The van der Waals surface area contributed by atoms with Crippen molar-refractivity contribution in [1.29, 1.82) is 0 Å². The quantitative estimate of drug-likeness (QED) is 0.796. The van der Waals surface area contributed by atoms with E-state index in [1.54, 1.807) is 4.68 Å². The highest BCUT2D eigenvalue weighted by Gasteiger charge is 2.26. The van der Waals surface area contributed by atoms with Crippen molar-refractivity contribution < 1.29 is 13.9 Å². The van der Waals surface area contributed by atoms with Crippen LogP contribution in [-0.4, -0.2) is 36.5 Å². The van der Waals surface area contributed by atoms with Crippen LogP contribution in [0.4, 0.5) is 0 Å². The molecular weight excluding hydrogens is 246 g/mol. The first-order chi connectivity index (χ1) is 9.34. The van der Waals surface area contributed by atoms with Crippen LogP contribution in [0.25, 0.3) is 5.69 Å². The molecule has 0 saturated carbocycles. The molecule has 6 heteroatoms. The van der Waals surface area contributed by atoms with Gasteiger partial charge in [0, 0.05) is 25.2 Å². The zero-order valence-corrected chi connectivity index (χ0v) is 10.5. The predicted octanol–water partition coefficient (Wildman–Crippen LogP) is 0.0768. The van der Waals surface area contributed by atoms with Gasteiger partial charge in [-0.05, 0) is 9.95 Å². The lowest BCUT2D eigenvalue weighted by atomic mass is 10.3. The van der Waals surface area contributed by atoms with Gasteiger partial charge in [0.15, 0.2) is 0 Å². The van der Waals surface area contributed by atoms with Crippen LogP contribution in [0.2, 0.25) is 0 Å². The molecule has 0 atom stereocenters. The third-order valence-corrected chi connectivity index (χ3v) is 3.23. The normalized spacial score (nSPS) is 16.6. The average Bonchev–Trinajstić information content (AvgIpc) is 2.82. The first-order valence-corrected chi connectivity index (χ1v) is 6.32. The van der Waals surface area contributed by atoms with E-state index in [0.29, 0.717) is 25.5 Å².